The van der Waals surface area contributed by atoms with E-state index in [1.54, 1.807) is 4.90 Å². The van der Waals surface area contributed by atoms with Crippen LogP contribution < -0.4 is 10.2 Å². The highest BCUT2D eigenvalue weighted by Gasteiger charge is 2.26. The van der Waals surface area contributed by atoms with Gasteiger partial charge in [-0.2, -0.15) is 0 Å². The summed E-state index contributed by atoms with van der Waals surface area (Å²) in [4.78, 5) is 27.6. The molecule has 6 nitrogen and oxygen atoms in total. The van der Waals surface area contributed by atoms with E-state index < -0.39 is 0 Å². The zero-order chi connectivity index (χ0) is 19.7. The van der Waals surface area contributed by atoms with Gasteiger partial charge in [0.15, 0.2) is 0 Å². The molecule has 3 aromatic rings. The Morgan fingerprint density at radius 2 is 2.14 bits per heavy atom. The standard InChI is InChI=1S/C21H21N3O3S/c1-13-17(14(2)27-23-13)7-8-20(25)22-16-6-5-15-9-10-24(18(15)12-16)21(26)19-4-3-11-28-19/h3-6,11-12H,7-10H2,1-2H3,(H,22,25). The highest BCUT2D eigenvalue weighted by molar-refractivity contribution is 7.12. The van der Waals surface area contributed by atoms with Gasteiger partial charge in [-0.15, -0.1) is 11.3 Å². The van der Waals surface area contributed by atoms with Crippen molar-refractivity contribution < 1.29 is 14.1 Å². The summed E-state index contributed by atoms with van der Waals surface area (Å²) in [5.41, 5.74) is 4.51. The Labute approximate surface area is 167 Å². The molecule has 3 heterocycles. The molecule has 1 aliphatic rings. The first-order valence-electron chi connectivity index (χ1n) is 9.23. The number of aromatic nitrogens is 1. The number of benzene rings is 1. The van der Waals surface area contributed by atoms with Crippen LogP contribution in [0.15, 0.2) is 40.2 Å². The Bertz CT molecular complexity index is 1000. The van der Waals surface area contributed by atoms with Gasteiger partial charge in [-0.3, -0.25) is 9.59 Å². The third-order valence-corrected chi connectivity index (χ3v) is 5.88. The van der Waals surface area contributed by atoms with Crippen LogP contribution in [0.4, 0.5) is 11.4 Å². The summed E-state index contributed by atoms with van der Waals surface area (Å²) >= 11 is 1.44. The Morgan fingerprint density at radius 3 is 2.86 bits per heavy atom. The zero-order valence-corrected chi connectivity index (χ0v) is 16.6. The molecule has 1 N–H and O–H groups in total. The molecule has 0 atom stereocenters. The molecule has 0 bridgehead atoms. The summed E-state index contributed by atoms with van der Waals surface area (Å²) in [6.45, 7) is 4.39. The van der Waals surface area contributed by atoms with Gasteiger partial charge in [-0.05, 0) is 55.8 Å². The number of aryl methyl sites for hydroxylation is 2. The molecule has 0 spiro atoms. The molecule has 2 aromatic heterocycles. The summed E-state index contributed by atoms with van der Waals surface area (Å²) in [7, 11) is 0. The number of hydrogen-bond acceptors (Lipinski definition) is 5. The maximum Gasteiger partial charge on any atom is 0.268 e. The molecule has 4 rings (SSSR count). The van der Waals surface area contributed by atoms with E-state index in [0.717, 1.165) is 39.6 Å². The molecule has 144 valence electrons. The molecule has 0 unspecified atom stereocenters. The maximum absolute atomic E-state index is 12.7. The van der Waals surface area contributed by atoms with Crippen LogP contribution in [-0.4, -0.2) is 23.5 Å². The number of anilines is 2. The summed E-state index contributed by atoms with van der Waals surface area (Å²) in [5, 5.41) is 8.76. The number of hydrogen-bond donors (Lipinski definition) is 1. The van der Waals surface area contributed by atoms with Gasteiger partial charge in [0.05, 0.1) is 10.6 Å². The van der Waals surface area contributed by atoms with Crippen molar-refractivity contribution in [1.82, 2.24) is 5.16 Å². The highest BCUT2D eigenvalue weighted by Crippen LogP contribution is 2.32. The normalized spacial score (nSPS) is 12.9. The van der Waals surface area contributed by atoms with Gasteiger partial charge < -0.3 is 14.7 Å². The molecule has 0 saturated carbocycles. The van der Waals surface area contributed by atoms with Crippen molar-refractivity contribution in [2.75, 3.05) is 16.8 Å². The second-order valence-corrected chi connectivity index (χ2v) is 7.83. The molecule has 0 fully saturated rings. The predicted octanol–water partition coefficient (Wildman–Crippen LogP) is 4.13. The van der Waals surface area contributed by atoms with Crippen LogP contribution in [-0.2, 0) is 17.6 Å². The number of nitrogens with zero attached hydrogens (tertiary/aromatic N) is 2. The Kier molecular flexibility index (Phi) is 5.00. The van der Waals surface area contributed by atoms with Gasteiger partial charge in [-0.1, -0.05) is 17.3 Å². The van der Waals surface area contributed by atoms with E-state index in [9.17, 15) is 9.59 Å². The van der Waals surface area contributed by atoms with Gasteiger partial charge in [0.1, 0.15) is 5.76 Å². The van der Waals surface area contributed by atoms with Crippen LogP contribution in [0.25, 0.3) is 0 Å². The SMILES string of the molecule is Cc1noc(C)c1CCC(=O)Nc1ccc2c(c1)N(C(=O)c1cccs1)CC2. The van der Waals surface area contributed by atoms with E-state index in [1.807, 2.05) is 49.6 Å². The van der Waals surface area contributed by atoms with E-state index in [1.165, 1.54) is 11.3 Å². The molecular formula is C21H21N3O3S. The smallest absolute Gasteiger partial charge is 0.268 e. The fourth-order valence-electron chi connectivity index (χ4n) is 3.52. The zero-order valence-electron chi connectivity index (χ0n) is 15.8. The van der Waals surface area contributed by atoms with E-state index in [4.69, 9.17) is 4.52 Å². The minimum Gasteiger partial charge on any atom is -0.361 e. The van der Waals surface area contributed by atoms with Crippen molar-refractivity contribution in [3.8, 4) is 0 Å². The second-order valence-electron chi connectivity index (χ2n) is 6.88. The summed E-state index contributed by atoms with van der Waals surface area (Å²) in [6.07, 6.45) is 1.76. The molecule has 1 aromatic carbocycles. The number of nitrogens with one attached hydrogen (secondary N) is 1. The number of amides is 2. The average Bonchev–Trinajstić information content (AvgIpc) is 3.41. The third-order valence-electron chi connectivity index (χ3n) is 5.02. The van der Waals surface area contributed by atoms with Crippen molar-refractivity contribution in [2.45, 2.75) is 33.1 Å². The van der Waals surface area contributed by atoms with Crippen LogP contribution in [0.5, 0.6) is 0 Å². The molecule has 1 aliphatic heterocycles. The summed E-state index contributed by atoms with van der Waals surface area (Å²) in [5.74, 6) is 0.690. The Balaban J connectivity index is 1.44. The van der Waals surface area contributed by atoms with Crippen LogP contribution in [0.1, 0.15) is 38.7 Å². The third kappa shape index (κ3) is 3.57. The number of thiophene rings is 1. The minimum atomic E-state index is -0.0749. The quantitative estimate of drug-likeness (QED) is 0.705. The molecule has 0 saturated heterocycles. The molecule has 0 radical (unpaired) electrons. The fraction of sp³-hybridized carbons (Fsp3) is 0.286. The molecule has 28 heavy (non-hydrogen) atoms. The second kappa shape index (κ2) is 7.59. The fourth-order valence-corrected chi connectivity index (χ4v) is 4.19. The van der Waals surface area contributed by atoms with Crippen molar-refractivity contribution in [3.05, 3.63) is 63.2 Å². The molecular weight excluding hydrogens is 374 g/mol. The van der Waals surface area contributed by atoms with Crippen molar-refractivity contribution in [3.63, 3.8) is 0 Å². The lowest BCUT2D eigenvalue weighted by Gasteiger charge is -2.17. The molecule has 2 amide bonds. The van der Waals surface area contributed by atoms with Crippen LogP contribution in [0.3, 0.4) is 0 Å². The first-order valence-corrected chi connectivity index (χ1v) is 10.1. The topological polar surface area (TPSA) is 75.4 Å². The number of carbonyl (C=O) groups excluding carboxylic acids is 2. The van der Waals surface area contributed by atoms with Crippen LogP contribution >= 0.6 is 11.3 Å². The van der Waals surface area contributed by atoms with Gasteiger partial charge in [0.2, 0.25) is 5.91 Å². The van der Waals surface area contributed by atoms with Gasteiger partial charge in [0.25, 0.3) is 5.91 Å². The summed E-state index contributed by atoms with van der Waals surface area (Å²) in [6, 6.07) is 9.49. The summed E-state index contributed by atoms with van der Waals surface area (Å²) < 4.78 is 5.14. The lowest BCUT2D eigenvalue weighted by Crippen LogP contribution is -2.28. The van der Waals surface area contributed by atoms with Crippen molar-refractivity contribution >= 4 is 34.5 Å². The van der Waals surface area contributed by atoms with E-state index in [0.29, 0.717) is 25.1 Å². The van der Waals surface area contributed by atoms with Gasteiger partial charge in [-0.25, -0.2) is 0 Å². The number of carbonyl (C=O) groups is 2. The lowest BCUT2D eigenvalue weighted by molar-refractivity contribution is -0.116. The van der Waals surface area contributed by atoms with Gasteiger partial charge >= 0.3 is 0 Å². The van der Waals surface area contributed by atoms with Gasteiger partial charge in [0, 0.05) is 29.9 Å². The number of fused-ring (bicyclic) bond motifs is 1. The first-order chi connectivity index (χ1) is 13.5. The maximum atomic E-state index is 12.7. The van der Waals surface area contributed by atoms with Crippen molar-refractivity contribution in [2.24, 2.45) is 0 Å². The van der Waals surface area contributed by atoms with E-state index >= 15 is 0 Å². The van der Waals surface area contributed by atoms with Crippen LogP contribution in [0.2, 0.25) is 0 Å². The Morgan fingerprint density at radius 1 is 1.29 bits per heavy atom. The van der Waals surface area contributed by atoms with E-state index in [-0.39, 0.29) is 11.8 Å². The van der Waals surface area contributed by atoms with Crippen LogP contribution in [0, 0.1) is 13.8 Å². The number of rotatable bonds is 5. The monoisotopic (exact) mass is 395 g/mol. The Hall–Kier alpha value is -2.93. The van der Waals surface area contributed by atoms with E-state index in [2.05, 4.69) is 10.5 Å². The molecule has 7 heteroatoms. The molecule has 0 aliphatic carbocycles. The largest absolute Gasteiger partial charge is 0.361 e. The average molecular weight is 395 g/mol. The predicted molar refractivity (Wildman–Crippen MR) is 109 cm³/mol. The first kappa shape index (κ1) is 18.4. The minimum absolute atomic E-state index is 0.00985. The van der Waals surface area contributed by atoms with Crippen molar-refractivity contribution in [1.29, 1.82) is 0 Å². The highest BCUT2D eigenvalue weighted by atomic mass is 32.1. The lowest BCUT2D eigenvalue weighted by atomic mass is 10.1.